The zero-order valence-corrected chi connectivity index (χ0v) is 14.9. The van der Waals surface area contributed by atoms with Gasteiger partial charge >= 0.3 is 0 Å². The van der Waals surface area contributed by atoms with Gasteiger partial charge in [-0.1, -0.05) is 18.9 Å². The number of nitrogens with zero attached hydrogens (tertiary/aromatic N) is 1. The largest absolute Gasteiger partial charge is 0.348 e. The molecule has 0 radical (unpaired) electrons. The normalized spacial score (nSPS) is 15.7. The van der Waals surface area contributed by atoms with E-state index in [0.29, 0.717) is 0 Å². The first-order valence-electron chi connectivity index (χ1n) is 8.10. The molecule has 1 aromatic carbocycles. The summed E-state index contributed by atoms with van der Waals surface area (Å²) in [6.45, 7) is 0. The van der Waals surface area contributed by atoms with Crippen molar-refractivity contribution < 1.29 is 4.55 Å². The van der Waals surface area contributed by atoms with Crippen LogP contribution < -0.4 is 5.56 Å². The van der Waals surface area contributed by atoms with Crippen molar-refractivity contribution >= 4 is 10.3 Å². The van der Waals surface area contributed by atoms with Gasteiger partial charge in [-0.3, -0.25) is 4.79 Å². The van der Waals surface area contributed by atoms with Crippen molar-refractivity contribution in [2.24, 2.45) is 13.0 Å². The predicted molar refractivity (Wildman–Crippen MR) is 98.5 cm³/mol. The molecule has 1 aliphatic carbocycles. The van der Waals surface area contributed by atoms with E-state index in [2.05, 4.69) is 18.2 Å². The summed E-state index contributed by atoms with van der Waals surface area (Å²) in [6.07, 6.45) is 10.7. The first kappa shape index (κ1) is 16.3. The van der Waals surface area contributed by atoms with Crippen LogP contribution in [-0.4, -0.2) is 21.6 Å². The van der Waals surface area contributed by atoms with Crippen LogP contribution >= 0.6 is 10.3 Å². The Labute approximate surface area is 139 Å². The monoisotopic (exact) mass is 331 g/mol. The van der Waals surface area contributed by atoms with Crippen molar-refractivity contribution in [2.75, 3.05) is 12.5 Å². The van der Waals surface area contributed by atoms with Crippen molar-refractivity contribution in [3.05, 3.63) is 52.4 Å². The Morgan fingerprint density at radius 1 is 1.22 bits per heavy atom. The van der Waals surface area contributed by atoms with Gasteiger partial charge in [0.2, 0.25) is 5.56 Å². The van der Waals surface area contributed by atoms with Crippen LogP contribution in [0.5, 0.6) is 0 Å². The van der Waals surface area contributed by atoms with E-state index in [9.17, 15) is 9.35 Å². The van der Waals surface area contributed by atoms with E-state index in [0.717, 1.165) is 28.4 Å². The molecule has 3 nitrogen and oxygen atoms in total. The Morgan fingerprint density at radius 2 is 1.96 bits per heavy atom. The molecule has 1 N–H and O–H groups in total. The third-order valence-corrected chi connectivity index (χ3v) is 5.98. The molecule has 23 heavy (non-hydrogen) atoms. The summed E-state index contributed by atoms with van der Waals surface area (Å²) in [5, 5.41) is 0. The maximum Gasteiger partial charge on any atom is 0.250 e. The topological polar surface area (TPSA) is 42.2 Å². The second-order valence-corrected chi connectivity index (χ2v) is 9.96. The molecule has 0 aliphatic heterocycles. The molecule has 1 fully saturated rings. The third kappa shape index (κ3) is 3.88. The van der Waals surface area contributed by atoms with Gasteiger partial charge in [0.25, 0.3) is 0 Å². The van der Waals surface area contributed by atoms with E-state index >= 15 is 0 Å². The number of hydrogen-bond acceptors (Lipinski definition) is 2. The Hall–Kier alpha value is -1.52. The van der Waals surface area contributed by atoms with E-state index in [1.807, 2.05) is 24.8 Å². The van der Waals surface area contributed by atoms with Crippen LogP contribution in [0.25, 0.3) is 11.1 Å². The summed E-state index contributed by atoms with van der Waals surface area (Å²) >= 11 is 0. The average molecular weight is 331 g/mol. The molecule has 1 aliphatic rings. The highest BCUT2D eigenvalue weighted by Crippen LogP contribution is 2.46. The Balaban J connectivity index is 2.04. The maximum atomic E-state index is 11.7. The van der Waals surface area contributed by atoms with Gasteiger partial charge in [0.05, 0.1) is 0 Å². The second-order valence-electron chi connectivity index (χ2n) is 6.94. The molecular weight excluding hydrogens is 306 g/mol. The zero-order valence-electron chi connectivity index (χ0n) is 14.1. The van der Waals surface area contributed by atoms with Gasteiger partial charge in [-0.25, -0.2) is 0 Å². The number of rotatable bonds is 5. The van der Waals surface area contributed by atoms with Crippen LogP contribution in [0.4, 0.5) is 0 Å². The summed E-state index contributed by atoms with van der Waals surface area (Å²) in [6, 6.07) is 9.83. The molecule has 3 rings (SSSR count). The van der Waals surface area contributed by atoms with Gasteiger partial charge in [-0.15, -0.1) is 10.3 Å². The highest BCUT2D eigenvalue weighted by atomic mass is 32.3. The minimum absolute atomic E-state index is 0.00227. The Morgan fingerprint density at radius 3 is 2.57 bits per heavy atom. The minimum atomic E-state index is -1.76. The summed E-state index contributed by atoms with van der Waals surface area (Å²) in [5.74, 6) is 0.891. The highest BCUT2D eigenvalue weighted by molar-refractivity contribution is 8.28. The van der Waals surface area contributed by atoms with E-state index < -0.39 is 10.3 Å². The quantitative estimate of drug-likeness (QED) is 0.888. The van der Waals surface area contributed by atoms with Crippen molar-refractivity contribution in [1.82, 2.24) is 4.57 Å². The van der Waals surface area contributed by atoms with Crippen molar-refractivity contribution in [1.29, 1.82) is 0 Å². The summed E-state index contributed by atoms with van der Waals surface area (Å²) < 4.78 is 12.0. The smallest absolute Gasteiger partial charge is 0.250 e. The van der Waals surface area contributed by atoms with Crippen LogP contribution in [0.3, 0.4) is 0 Å². The lowest BCUT2D eigenvalue weighted by Crippen LogP contribution is -2.14. The van der Waals surface area contributed by atoms with E-state index in [1.165, 1.54) is 24.8 Å². The summed E-state index contributed by atoms with van der Waals surface area (Å²) in [5.41, 5.74) is 3.50. The molecule has 1 saturated carbocycles. The van der Waals surface area contributed by atoms with Crippen LogP contribution in [0, 0.1) is 5.92 Å². The molecule has 0 bridgehead atoms. The maximum absolute atomic E-state index is 11.7. The molecular formula is C19H25NO2S. The SMILES string of the molecule is Cn1cc(-c2cc(S(C)(C)O)ccc2CCC2CC2)ccc1=O. The van der Waals surface area contributed by atoms with Crippen molar-refractivity contribution in [3.8, 4) is 11.1 Å². The lowest BCUT2D eigenvalue weighted by atomic mass is 9.97. The van der Waals surface area contributed by atoms with Gasteiger partial charge in [-0.2, -0.15) is 0 Å². The molecule has 1 heterocycles. The fourth-order valence-electron chi connectivity index (χ4n) is 2.87. The van der Waals surface area contributed by atoms with Gasteiger partial charge in [0.1, 0.15) is 0 Å². The lowest BCUT2D eigenvalue weighted by molar-refractivity contribution is 0.637. The first-order valence-corrected chi connectivity index (χ1v) is 10.5. The lowest BCUT2D eigenvalue weighted by Gasteiger charge is -2.25. The molecule has 2 aromatic rings. The number of aryl methyl sites for hydroxylation is 2. The van der Waals surface area contributed by atoms with E-state index in [-0.39, 0.29) is 5.56 Å². The minimum Gasteiger partial charge on any atom is -0.348 e. The van der Waals surface area contributed by atoms with Gasteiger partial charge < -0.3 is 9.12 Å². The Kier molecular flexibility index (Phi) is 4.39. The highest BCUT2D eigenvalue weighted by Gasteiger charge is 2.22. The molecule has 0 amide bonds. The van der Waals surface area contributed by atoms with E-state index in [4.69, 9.17) is 0 Å². The molecule has 0 unspecified atom stereocenters. The standard InChI is InChI=1S/C19H25NO2S/c1-20-13-16(9-11-19(20)21)18-12-17(23(2,3)22)10-8-15(18)7-6-14-4-5-14/h8-14,22H,4-7H2,1-3H3. The predicted octanol–water partition coefficient (Wildman–Crippen LogP) is 4.29. The molecule has 1 aromatic heterocycles. The first-order chi connectivity index (χ1) is 10.8. The molecule has 124 valence electrons. The number of aromatic nitrogens is 1. The van der Waals surface area contributed by atoms with Crippen molar-refractivity contribution in [3.63, 3.8) is 0 Å². The fourth-order valence-corrected chi connectivity index (χ4v) is 3.68. The number of benzene rings is 1. The zero-order chi connectivity index (χ0) is 16.6. The molecule has 4 heteroatoms. The second kappa shape index (κ2) is 6.17. The number of pyridine rings is 1. The summed E-state index contributed by atoms with van der Waals surface area (Å²) in [7, 11) is 0.0227. The van der Waals surface area contributed by atoms with Crippen LogP contribution in [0.1, 0.15) is 24.8 Å². The van der Waals surface area contributed by atoms with Crippen LogP contribution in [0.15, 0.2) is 46.2 Å². The van der Waals surface area contributed by atoms with Gasteiger partial charge in [0.15, 0.2) is 0 Å². The molecule has 0 spiro atoms. The van der Waals surface area contributed by atoms with Crippen molar-refractivity contribution in [2.45, 2.75) is 30.6 Å². The fraction of sp³-hybridized carbons (Fsp3) is 0.421. The molecule has 0 saturated heterocycles. The average Bonchev–Trinajstić information content (AvgIpc) is 3.31. The van der Waals surface area contributed by atoms with Crippen LogP contribution in [0.2, 0.25) is 0 Å². The third-order valence-electron chi connectivity index (χ3n) is 4.57. The molecule has 0 atom stereocenters. The summed E-state index contributed by atoms with van der Waals surface area (Å²) in [4.78, 5) is 12.6. The van der Waals surface area contributed by atoms with E-state index in [1.54, 1.807) is 17.7 Å². The van der Waals surface area contributed by atoms with Gasteiger partial charge in [0, 0.05) is 24.2 Å². The Bertz CT molecular complexity index is 770. The number of hydrogen-bond donors (Lipinski definition) is 1. The van der Waals surface area contributed by atoms with Crippen LogP contribution in [-0.2, 0) is 13.5 Å². The van der Waals surface area contributed by atoms with Gasteiger partial charge in [-0.05, 0) is 66.2 Å².